The predicted octanol–water partition coefficient (Wildman–Crippen LogP) is 4.47. The van der Waals surface area contributed by atoms with Gasteiger partial charge in [-0.15, -0.1) is 10.2 Å². The summed E-state index contributed by atoms with van der Waals surface area (Å²) in [6.07, 6.45) is 8.16. The minimum absolute atomic E-state index is 0.0190. The van der Waals surface area contributed by atoms with Crippen LogP contribution in [0.15, 0.2) is 59.2 Å². The lowest BCUT2D eigenvalue weighted by Gasteiger charge is -2.32. The summed E-state index contributed by atoms with van der Waals surface area (Å²) in [4.78, 5) is 15.8. The molecule has 34 heavy (non-hydrogen) atoms. The highest BCUT2D eigenvalue weighted by molar-refractivity contribution is 5.94. The number of piperidine rings is 1. The van der Waals surface area contributed by atoms with Gasteiger partial charge >= 0.3 is 0 Å². The predicted molar refractivity (Wildman–Crippen MR) is 127 cm³/mol. The van der Waals surface area contributed by atoms with E-state index in [2.05, 4.69) is 14.8 Å². The van der Waals surface area contributed by atoms with E-state index in [1.54, 1.807) is 10.9 Å². The van der Waals surface area contributed by atoms with E-state index in [4.69, 9.17) is 9.52 Å². The van der Waals surface area contributed by atoms with Gasteiger partial charge in [0.15, 0.2) is 5.76 Å². The number of benzene rings is 1. The van der Waals surface area contributed by atoms with Crippen molar-refractivity contribution in [2.75, 3.05) is 13.1 Å². The van der Waals surface area contributed by atoms with E-state index in [1.165, 1.54) is 19.3 Å². The molecule has 8 nitrogen and oxygen atoms in total. The number of likely N-dealkylation sites (tertiary alicyclic amines) is 1. The van der Waals surface area contributed by atoms with Crippen molar-refractivity contribution in [2.24, 2.45) is 0 Å². The molecule has 8 heteroatoms. The van der Waals surface area contributed by atoms with E-state index in [0.29, 0.717) is 23.7 Å². The second kappa shape index (κ2) is 8.93. The Bertz CT molecular complexity index is 1270. The molecule has 1 aromatic carbocycles. The van der Waals surface area contributed by atoms with Gasteiger partial charge in [0.1, 0.15) is 23.0 Å². The molecule has 1 saturated heterocycles. The quantitative estimate of drug-likeness (QED) is 0.453. The number of rotatable bonds is 4. The van der Waals surface area contributed by atoms with Crippen molar-refractivity contribution in [1.82, 2.24) is 29.4 Å². The first-order valence-electron chi connectivity index (χ1n) is 12.2. The Hall–Kier alpha value is -3.68. The molecular weight excluding hydrogens is 428 g/mol. The molecule has 2 aliphatic heterocycles. The summed E-state index contributed by atoms with van der Waals surface area (Å²) in [5.74, 6) is 2.97. The summed E-state index contributed by atoms with van der Waals surface area (Å²) in [7, 11) is 0. The van der Waals surface area contributed by atoms with Crippen molar-refractivity contribution < 1.29 is 9.21 Å². The summed E-state index contributed by atoms with van der Waals surface area (Å²) in [6, 6.07) is 15.3. The maximum Gasteiger partial charge on any atom is 0.272 e. The van der Waals surface area contributed by atoms with Crippen LogP contribution in [0.4, 0.5) is 0 Å². The number of furan rings is 1. The molecule has 0 radical (unpaired) electrons. The van der Waals surface area contributed by atoms with Crippen molar-refractivity contribution >= 4 is 5.91 Å². The summed E-state index contributed by atoms with van der Waals surface area (Å²) in [5.41, 5.74) is 2.03. The molecule has 5 heterocycles. The van der Waals surface area contributed by atoms with E-state index >= 15 is 0 Å². The molecule has 4 aromatic rings. The van der Waals surface area contributed by atoms with Gasteiger partial charge in [-0.25, -0.2) is 4.68 Å². The van der Waals surface area contributed by atoms with Gasteiger partial charge < -0.3 is 13.9 Å². The fourth-order valence-electron chi connectivity index (χ4n) is 5.19. The highest BCUT2D eigenvalue weighted by Gasteiger charge is 2.32. The Balaban J connectivity index is 1.31. The SMILES string of the molecule is O=C(c1cc(-c2ccco2)nn1-c1ccccc1)N1CCC[C@H](c2nnc3n2CCCCC3)C1. The third kappa shape index (κ3) is 3.83. The smallest absolute Gasteiger partial charge is 0.272 e. The molecule has 0 N–H and O–H groups in total. The molecule has 3 aromatic heterocycles. The molecule has 0 saturated carbocycles. The molecule has 0 bridgehead atoms. The van der Waals surface area contributed by atoms with Crippen LogP contribution in [0.25, 0.3) is 17.1 Å². The molecular formula is C26H28N6O2. The number of amides is 1. The van der Waals surface area contributed by atoms with Crippen LogP contribution in [-0.4, -0.2) is 48.4 Å². The number of hydrogen-bond acceptors (Lipinski definition) is 5. The number of nitrogens with zero attached hydrogens (tertiary/aromatic N) is 6. The molecule has 0 aliphatic carbocycles. The van der Waals surface area contributed by atoms with Gasteiger partial charge in [0.05, 0.1) is 12.0 Å². The van der Waals surface area contributed by atoms with Crippen molar-refractivity contribution in [3.05, 3.63) is 72.1 Å². The van der Waals surface area contributed by atoms with Crippen molar-refractivity contribution in [3.63, 3.8) is 0 Å². The number of fused-ring (bicyclic) bond motifs is 1. The average molecular weight is 457 g/mol. The van der Waals surface area contributed by atoms with Crippen LogP contribution in [0.5, 0.6) is 0 Å². The number of para-hydroxylation sites is 1. The Morgan fingerprint density at radius 1 is 0.971 bits per heavy atom. The number of hydrogen-bond donors (Lipinski definition) is 0. The summed E-state index contributed by atoms with van der Waals surface area (Å²) >= 11 is 0. The Labute approximate surface area is 198 Å². The normalized spacial score (nSPS) is 18.5. The van der Waals surface area contributed by atoms with E-state index in [0.717, 1.165) is 49.7 Å². The summed E-state index contributed by atoms with van der Waals surface area (Å²) < 4.78 is 9.60. The summed E-state index contributed by atoms with van der Waals surface area (Å²) in [5, 5.41) is 13.8. The van der Waals surface area contributed by atoms with Gasteiger partial charge in [0, 0.05) is 38.0 Å². The molecule has 1 fully saturated rings. The third-order valence-electron chi connectivity index (χ3n) is 6.91. The first-order chi connectivity index (χ1) is 16.8. The molecule has 1 amide bonds. The first-order valence-corrected chi connectivity index (χ1v) is 12.2. The molecule has 2 aliphatic rings. The van der Waals surface area contributed by atoms with Crippen LogP contribution < -0.4 is 0 Å². The average Bonchev–Trinajstić information content (AvgIpc) is 3.62. The second-order valence-corrected chi connectivity index (χ2v) is 9.17. The fourth-order valence-corrected chi connectivity index (χ4v) is 5.19. The first kappa shape index (κ1) is 20.9. The number of carbonyl (C=O) groups is 1. The molecule has 0 spiro atoms. The molecule has 1 atom stereocenters. The monoisotopic (exact) mass is 456 g/mol. The number of aromatic nitrogens is 5. The molecule has 0 unspecified atom stereocenters. The van der Waals surface area contributed by atoms with Gasteiger partial charge in [0.2, 0.25) is 0 Å². The van der Waals surface area contributed by atoms with Crippen LogP contribution in [0.3, 0.4) is 0 Å². The highest BCUT2D eigenvalue weighted by atomic mass is 16.3. The fraction of sp³-hybridized carbons (Fsp3) is 0.385. The largest absolute Gasteiger partial charge is 0.463 e. The number of aryl methyl sites for hydroxylation is 1. The van der Waals surface area contributed by atoms with Gasteiger partial charge in [-0.1, -0.05) is 24.6 Å². The van der Waals surface area contributed by atoms with Gasteiger partial charge in [-0.05, 0) is 49.9 Å². The van der Waals surface area contributed by atoms with Gasteiger partial charge in [-0.3, -0.25) is 4.79 Å². The minimum atomic E-state index is -0.0190. The maximum atomic E-state index is 13.8. The second-order valence-electron chi connectivity index (χ2n) is 9.17. The van der Waals surface area contributed by atoms with E-state index in [9.17, 15) is 4.79 Å². The molecule has 174 valence electrons. The van der Waals surface area contributed by atoms with Crippen LogP contribution in [0.2, 0.25) is 0 Å². The van der Waals surface area contributed by atoms with Crippen molar-refractivity contribution in [2.45, 2.75) is 51.0 Å². The van der Waals surface area contributed by atoms with Crippen LogP contribution in [0, 0.1) is 0 Å². The number of carbonyl (C=O) groups excluding carboxylic acids is 1. The Morgan fingerprint density at radius 3 is 2.74 bits per heavy atom. The zero-order valence-electron chi connectivity index (χ0n) is 19.1. The summed E-state index contributed by atoms with van der Waals surface area (Å²) in [6.45, 7) is 2.36. The van der Waals surface area contributed by atoms with Crippen LogP contribution in [0.1, 0.15) is 60.2 Å². The lowest BCUT2D eigenvalue weighted by atomic mass is 9.96. The van der Waals surface area contributed by atoms with Crippen LogP contribution >= 0.6 is 0 Å². The van der Waals surface area contributed by atoms with Crippen molar-refractivity contribution in [1.29, 1.82) is 0 Å². The minimum Gasteiger partial charge on any atom is -0.463 e. The zero-order chi connectivity index (χ0) is 22.9. The lowest BCUT2D eigenvalue weighted by Crippen LogP contribution is -2.40. The molecule has 6 rings (SSSR count). The van der Waals surface area contributed by atoms with Gasteiger partial charge in [0.25, 0.3) is 5.91 Å². The standard InChI is InChI=1S/C26H28N6O2/c33-26(22-17-21(23-12-8-16-34-23)29-32(22)20-10-3-1-4-11-20)30-14-7-9-19(18-30)25-28-27-24-13-5-2-6-15-31(24)25/h1,3-4,8,10-12,16-17,19H,2,5-7,9,13-15,18H2/t19-/m0/s1. The lowest BCUT2D eigenvalue weighted by molar-refractivity contribution is 0.0694. The highest BCUT2D eigenvalue weighted by Crippen LogP contribution is 2.30. The Morgan fingerprint density at radius 2 is 1.88 bits per heavy atom. The topological polar surface area (TPSA) is 82.0 Å². The third-order valence-corrected chi connectivity index (χ3v) is 6.91. The zero-order valence-corrected chi connectivity index (χ0v) is 19.1. The van der Waals surface area contributed by atoms with Gasteiger partial charge in [-0.2, -0.15) is 5.10 Å². The maximum absolute atomic E-state index is 13.8. The van der Waals surface area contributed by atoms with E-state index in [1.807, 2.05) is 53.4 Å². The van der Waals surface area contributed by atoms with Crippen molar-refractivity contribution in [3.8, 4) is 17.1 Å². The van der Waals surface area contributed by atoms with E-state index < -0.39 is 0 Å². The Kier molecular flexibility index (Phi) is 5.49. The van der Waals surface area contributed by atoms with E-state index in [-0.39, 0.29) is 11.8 Å². The van der Waals surface area contributed by atoms with Crippen LogP contribution in [-0.2, 0) is 13.0 Å².